The molecule has 0 heterocycles. The monoisotopic (exact) mass is 496 g/mol. The molecule has 0 aromatic heterocycles. The third-order valence-corrected chi connectivity index (χ3v) is 7.02. The largest absolute Gasteiger partial charge is 0.481 e. The molecule has 7 nitrogen and oxygen atoms in total. The predicted molar refractivity (Wildman–Crippen MR) is 136 cm³/mol. The van der Waals surface area contributed by atoms with Crippen LogP contribution >= 0.6 is 0 Å². The van der Waals surface area contributed by atoms with Crippen molar-refractivity contribution in [2.45, 2.75) is 76.6 Å². The Morgan fingerprint density at radius 1 is 1.03 bits per heavy atom. The predicted octanol–water partition coefficient (Wildman–Crippen LogP) is 5.05. The zero-order valence-corrected chi connectivity index (χ0v) is 21.2. The fourth-order valence-corrected chi connectivity index (χ4v) is 4.93. The van der Waals surface area contributed by atoms with E-state index in [0.29, 0.717) is 25.9 Å². The van der Waals surface area contributed by atoms with Gasteiger partial charge in [-0.1, -0.05) is 49.4 Å². The van der Waals surface area contributed by atoms with Gasteiger partial charge in [0.05, 0.1) is 18.1 Å². The smallest absolute Gasteiger partial charge is 0.338 e. The number of aliphatic hydroxyl groups excluding tert-OH is 1. The van der Waals surface area contributed by atoms with E-state index >= 15 is 0 Å². The second kappa shape index (κ2) is 11.8. The number of hydrogen-bond donors (Lipinski definition) is 2. The van der Waals surface area contributed by atoms with Crippen LogP contribution in [0.15, 0.2) is 54.6 Å². The summed E-state index contributed by atoms with van der Waals surface area (Å²) in [6.45, 7) is 5.87. The van der Waals surface area contributed by atoms with Crippen LogP contribution < -0.4 is 0 Å². The molecule has 0 aliphatic heterocycles. The van der Waals surface area contributed by atoms with E-state index in [2.05, 4.69) is 0 Å². The van der Waals surface area contributed by atoms with Crippen molar-refractivity contribution in [2.24, 2.45) is 5.92 Å². The first-order valence-corrected chi connectivity index (χ1v) is 12.5. The minimum Gasteiger partial charge on any atom is -0.481 e. The number of carbonyl (C=O) groups excluding carboxylic acids is 2. The van der Waals surface area contributed by atoms with Gasteiger partial charge in [0.1, 0.15) is 5.60 Å². The molecule has 1 aliphatic rings. The second-order valence-corrected chi connectivity index (χ2v) is 9.97. The molecule has 2 aromatic rings. The first-order chi connectivity index (χ1) is 17.1. The van der Waals surface area contributed by atoms with Gasteiger partial charge in [-0.2, -0.15) is 0 Å². The summed E-state index contributed by atoms with van der Waals surface area (Å²) in [5.41, 5.74) is -0.556. The molecule has 0 saturated heterocycles. The molecule has 3 atom stereocenters. The number of aliphatic hydroxyl groups is 1. The van der Waals surface area contributed by atoms with Crippen LogP contribution in [0, 0.1) is 5.92 Å². The van der Waals surface area contributed by atoms with Gasteiger partial charge in [-0.05, 0) is 62.8 Å². The molecule has 1 aliphatic carbocycles. The molecule has 2 N–H and O–H groups in total. The number of ketones is 1. The maximum Gasteiger partial charge on any atom is 0.338 e. The second-order valence-electron chi connectivity index (χ2n) is 9.97. The Bertz CT molecular complexity index is 1060. The summed E-state index contributed by atoms with van der Waals surface area (Å²) < 4.78 is 11.6. The van der Waals surface area contributed by atoms with E-state index < -0.39 is 41.6 Å². The molecule has 0 amide bonds. The Hall–Kier alpha value is -3.03. The summed E-state index contributed by atoms with van der Waals surface area (Å²) in [6.07, 6.45) is 0.283. The van der Waals surface area contributed by atoms with Gasteiger partial charge >= 0.3 is 11.9 Å². The van der Waals surface area contributed by atoms with Crippen LogP contribution in [0.4, 0.5) is 0 Å². The molecule has 36 heavy (non-hydrogen) atoms. The molecule has 194 valence electrons. The molecule has 7 heteroatoms. The van der Waals surface area contributed by atoms with Crippen molar-refractivity contribution in [3.63, 3.8) is 0 Å². The van der Waals surface area contributed by atoms with Crippen LogP contribution in [0.2, 0.25) is 0 Å². The Balaban J connectivity index is 1.82. The van der Waals surface area contributed by atoms with Gasteiger partial charge in [0.15, 0.2) is 11.4 Å². The standard InChI is InChI=1S/C29H36O7/c1-4-17-35-28(2,3)24(30)15-13-23-14-16-25(31)29(23,19-26(32)33)36-27(34)22-12-8-11-21(18-22)20-9-6-5-7-10-20/h5-12,18,23,25,31H,4,13-17,19H2,1-3H3,(H,32,33). The third kappa shape index (κ3) is 6.39. The van der Waals surface area contributed by atoms with Crippen molar-refractivity contribution < 1.29 is 34.1 Å². The number of carboxylic acid groups (broad SMARTS) is 1. The first kappa shape index (κ1) is 27.6. The number of aliphatic carboxylic acids is 1. The first-order valence-electron chi connectivity index (χ1n) is 12.5. The molecule has 3 rings (SSSR count). The Morgan fingerprint density at radius 2 is 1.72 bits per heavy atom. The maximum atomic E-state index is 13.3. The van der Waals surface area contributed by atoms with Crippen LogP contribution in [0.3, 0.4) is 0 Å². The van der Waals surface area contributed by atoms with E-state index in [1.54, 1.807) is 32.0 Å². The highest BCUT2D eigenvalue weighted by Crippen LogP contribution is 2.45. The average molecular weight is 497 g/mol. The van der Waals surface area contributed by atoms with Gasteiger partial charge in [0.25, 0.3) is 0 Å². The Kier molecular flexibility index (Phi) is 9.03. The van der Waals surface area contributed by atoms with Crippen molar-refractivity contribution in [1.29, 1.82) is 0 Å². The van der Waals surface area contributed by atoms with E-state index in [9.17, 15) is 24.6 Å². The van der Waals surface area contributed by atoms with Crippen molar-refractivity contribution in [2.75, 3.05) is 6.61 Å². The quantitative estimate of drug-likeness (QED) is 0.396. The molecular weight excluding hydrogens is 460 g/mol. The summed E-state index contributed by atoms with van der Waals surface area (Å²) >= 11 is 0. The summed E-state index contributed by atoms with van der Waals surface area (Å²) in [7, 11) is 0. The number of Topliss-reactive ketones (excluding diaryl/α,β-unsaturated/α-hetero) is 1. The minimum atomic E-state index is -1.61. The van der Waals surface area contributed by atoms with E-state index in [0.717, 1.165) is 17.5 Å². The van der Waals surface area contributed by atoms with Gasteiger partial charge in [-0.3, -0.25) is 9.59 Å². The number of carboxylic acids is 1. The van der Waals surface area contributed by atoms with Crippen LogP contribution in [0.5, 0.6) is 0 Å². The Labute approximate surface area is 212 Å². The fourth-order valence-electron chi connectivity index (χ4n) is 4.93. The molecule has 0 spiro atoms. The fraction of sp³-hybridized carbons (Fsp3) is 0.483. The van der Waals surface area contributed by atoms with E-state index in [4.69, 9.17) is 9.47 Å². The molecule has 0 bridgehead atoms. The van der Waals surface area contributed by atoms with Crippen LogP contribution in [-0.2, 0) is 19.1 Å². The Morgan fingerprint density at radius 3 is 2.39 bits per heavy atom. The van der Waals surface area contributed by atoms with Crippen LogP contribution in [-0.4, -0.2) is 51.8 Å². The maximum absolute atomic E-state index is 13.3. The average Bonchev–Trinajstić information content (AvgIpc) is 3.15. The molecule has 0 radical (unpaired) electrons. The van der Waals surface area contributed by atoms with E-state index in [1.807, 2.05) is 43.3 Å². The molecule has 1 fully saturated rings. The lowest BCUT2D eigenvalue weighted by atomic mass is 9.81. The topological polar surface area (TPSA) is 110 Å². The van der Waals surface area contributed by atoms with E-state index in [1.165, 1.54) is 0 Å². The van der Waals surface area contributed by atoms with Crippen molar-refractivity contribution in [1.82, 2.24) is 0 Å². The lowest BCUT2D eigenvalue weighted by Crippen LogP contribution is -2.49. The van der Waals surface area contributed by atoms with Crippen molar-refractivity contribution in [3.8, 4) is 11.1 Å². The lowest BCUT2D eigenvalue weighted by molar-refractivity contribution is -0.152. The van der Waals surface area contributed by atoms with Crippen LogP contribution in [0.25, 0.3) is 11.1 Å². The zero-order valence-electron chi connectivity index (χ0n) is 21.2. The van der Waals surface area contributed by atoms with E-state index in [-0.39, 0.29) is 17.8 Å². The van der Waals surface area contributed by atoms with Gasteiger partial charge in [0, 0.05) is 18.9 Å². The molecule has 3 unspecified atom stereocenters. The van der Waals surface area contributed by atoms with Gasteiger partial charge < -0.3 is 19.7 Å². The number of hydrogen-bond acceptors (Lipinski definition) is 6. The summed E-state index contributed by atoms with van der Waals surface area (Å²) in [5, 5.41) is 20.5. The molecule has 1 saturated carbocycles. The highest BCUT2D eigenvalue weighted by molar-refractivity contribution is 5.91. The highest BCUT2D eigenvalue weighted by atomic mass is 16.6. The SMILES string of the molecule is CCCOC(C)(C)C(=O)CCC1CCC(O)C1(CC(=O)O)OC(=O)c1cccc(-c2ccccc2)c1. The number of ether oxygens (including phenoxy) is 2. The van der Waals surface area contributed by atoms with Crippen molar-refractivity contribution in [3.05, 3.63) is 60.2 Å². The minimum absolute atomic E-state index is 0.108. The van der Waals surface area contributed by atoms with Gasteiger partial charge in [-0.15, -0.1) is 0 Å². The number of carbonyl (C=O) groups is 3. The van der Waals surface area contributed by atoms with Gasteiger partial charge in [-0.25, -0.2) is 4.79 Å². The normalized spacial score (nSPS) is 21.8. The molecule has 2 aromatic carbocycles. The number of esters is 1. The highest BCUT2D eigenvalue weighted by Gasteiger charge is 2.54. The number of benzene rings is 2. The summed E-state index contributed by atoms with van der Waals surface area (Å²) in [6, 6.07) is 16.5. The number of rotatable bonds is 12. The summed E-state index contributed by atoms with van der Waals surface area (Å²) in [4.78, 5) is 37.9. The summed E-state index contributed by atoms with van der Waals surface area (Å²) in [5.74, 6) is -2.46. The van der Waals surface area contributed by atoms with Crippen molar-refractivity contribution >= 4 is 17.7 Å². The van der Waals surface area contributed by atoms with Gasteiger partial charge in [0.2, 0.25) is 0 Å². The molecular formula is C29H36O7. The third-order valence-electron chi connectivity index (χ3n) is 7.02. The lowest BCUT2D eigenvalue weighted by Gasteiger charge is -2.37. The zero-order chi connectivity index (χ0) is 26.3. The van der Waals surface area contributed by atoms with Crippen LogP contribution in [0.1, 0.15) is 69.7 Å².